The van der Waals surface area contributed by atoms with Crippen molar-refractivity contribution in [2.75, 3.05) is 5.32 Å². The van der Waals surface area contributed by atoms with Crippen LogP contribution in [0.5, 0.6) is 0 Å². The molecule has 0 radical (unpaired) electrons. The normalized spacial score (nSPS) is 21.2. The molecule has 0 atom stereocenters. The van der Waals surface area contributed by atoms with Crippen molar-refractivity contribution in [2.24, 2.45) is 0 Å². The summed E-state index contributed by atoms with van der Waals surface area (Å²) >= 11 is 0. The lowest BCUT2D eigenvalue weighted by Gasteiger charge is -2.30. The van der Waals surface area contributed by atoms with Crippen molar-refractivity contribution in [3.05, 3.63) is 60.4 Å². The predicted molar refractivity (Wildman–Crippen MR) is 113 cm³/mol. The van der Waals surface area contributed by atoms with Gasteiger partial charge in [-0.1, -0.05) is 18.7 Å². The van der Waals surface area contributed by atoms with Gasteiger partial charge in [-0.05, 0) is 75.4 Å². The van der Waals surface area contributed by atoms with E-state index in [0.717, 1.165) is 31.3 Å². The van der Waals surface area contributed by atoms with Crippen LogP contribution in [0.4, 0.5) is 14.5 Å². The van der Waals surface area contributed by atoms with Gasteiger partial charge in [-0.2, -0.15) is 8.78 Å². The second kappa shape index (κ2) is 9.57. The Morgan fingerprint density at radius 3 is 2.31 bits per heavy atom. The molecule has 1 fully saturated rings. The first kappa shape index (κ1) is 23.1. The number of hydrogen-bond acceptors (Lipinski definition) is 4. The van der Waals surface area contributed by atoms with E-state index in [-0.39, 0.29) is 17.0 Å². The maximum atomic E-state index is 13.3. The van der Waals surface area contributed by atoms with Crippen molar-refractivity contribution < 1.29 is 21.9 Å². The molecule has 160 valence electrons. The van der Waals surface area contributed by atoms with Crippen molar-refractivity contribution >= 4 is 15.5 Å². The van der Waals surface area contributed by atoms with Crippen LogP contribution < -0.4 is 5.32 Å². The molecule has 29 heavy (non-hydrogen) atoms. The molecule has 0 spiro atoms. The second-order valence-corrected chi connectivity index (χ2v) is 9.62. The molecule has 1 aromatic rings. The summed E-state index contributed by atoms with van der Waals surface area (Å²) in [6.07, 6.45) is 9.53. The summed E-state index contributed by atoms with van der Waals surface area (Å²) < 4.78 is 56.0. The van der Waals surface area contributed by atoms with Crippen LogP contribution in [-0.4, -0.2) is 25.8 Å². The molecular weight excluding hydrogens is 396 g/mol. The molecule has 0 unspecified atom stereocenters. The van der Waals surface area contributed by atoms with E-state index >= 15 is 0 Å². The number of alkyl halides is 2. The first-order chi connectivity index (χ1) is 13.5. The van der Waals surface area contributed by atoms with Crippen LogP contribution in [0.15, 0.2) is 65.3 Å². The van der Waals surface area contributed by atoms with E-state index in [9.17, 15) is 17.2 Å². The van der Waals surface area contributed by atoms with E-state index in [1.807, 2.05) is 32.1 Å². The van der Waals surface area contributed by atoms with Gasteiger partial charge in [-0.15, -0.1) is 0 Å². The van der Waals surface area contributed by atoms with Crippen LogP contribution in [-0.2, 0) is 14.6 Å². The molecule has 1 saturated carbocycles. The van der Waals surface area contributed by atoms with Crippen molar-refractivity contribution in [1.82, 2.24) is 0 Å². The molecule has 7 heteroatoms. The molecule has 0 heterocycles. The summed E-state index contributed by atoms with van der Waals surface area (Å²) in [5.74, 6) is 0.654. The fourth-order valence-corrected chi connectivity index (χ4v) is 4.22. The zero-order valence-corrected chi connectivity index (χ0v) is 17.9. The lowest BCUT2D eigenvalue weighted by Crippen LogP contribution is -2.29. The molecule has 1 aromatic carbocycles. The highest BCUT2D eigenvalue weighted by Crippen LogP contribution is 2.30. The van der Waals surface area contributed by atoms with Crippen LogP contribution in [0.25, 0.3) is 0 Å². The third kappa shape index (κ3) is 6.42. The summed E-state index contributed by atoms with van der Waals surface area (Å²) in [7, 11) is -4.65. The number of allylic oxidation sites excluding steroid dienone is 4. The Bertz CT molecular complexity index is 860. The molecule has 0 aromatic heterocycles. The highest BCUT2D eigenvalue weighted by Gasteiger charge is 2.40. The van der Waals surface area contributed by atoms with Crippen molar-refractivity contribution in [2.45, 2.75) is 68.8 Å². The van der Waals surface area contributed by atoms with Crippen molar-refractivity contribution in [3.63, 3.8) is 0 Å². The quantitative estimate of drug-likeness (QED) is 0.419. The Labute approximate surface area is 172 Å². The maximum Gasteiger partial charge on any atom is 0.347 e. The zero-order chi connectivity index (χ0) is 21.7. The van der Waals surface area contributed by atoms with Gasteiger partial charge < -0.3 is 10.1 Å². The molecule has 4 nitrogen and oxygen atoms in total. The summed E-state index contributed by atoms with van der Waals surface area (Å²) in [4.78, 5) is -0.382. The predicted octanol–water partition coefficient (Wildman–Crippen LogP) is 5.85. The van der Waals surface area contributed by atoms with Gasteiger partial charge in [0.15, 0.2) is 0 Å². The molecular formula is C22H29F2NO3S. The van der Waals surface area contributed by atoms with E-state index in [2.05, 4.69) is 11.9 Å². The molecule has 0 saturated heterocycles. The Morgan fingerprint density at radius 2 is 1.79 bits per heavy atom. The maximum absolute atomic E-state index is 13.3. The number of rotatable bonds is 8. The fraction of sp³-hybridized carbons (Fsp3) is 0.455. The largest absolute Gasteiger partial charge is 0.491 e. The Hall–Kier alpha value is -2.15. The van der Waals surface area contributed by atoms with Crippen LogP contribution in [0, 0.1) is 0 Å². The van der Waals surface area contributed by atoms with Gasteiger partial charge >= 0.3 is 5.25 Å². The SMILES string of the molecule is C=C(/C=C(C)\C=C/C)OC1CCC(Nc2ccc(S(=O)(=O)C(C)(F)F)cc2)CC1. The minimum absolute atomic E-state index is 0.120. The van der Waals surface area contributed by atoms with Gasteiger partial charge in [0.25, 0.3) is 0 Å². The van der Waals surface area contributed by atoms with E-state index in [0.29, 0.717) is 18.4 Å². The number of nitrogens with one attached hydrogen (secondary N) is 1. The summed E-state index contributed by atoms with van der Waals surface area (Å²) in [5.41, 5.74) is 1.79. The molecule has 1 aliphatic rings. The number of sulfone groups is 1. The molecule has 0 amide bonds. The van der Waals surface area contributed by atoms with Gasteiger partial charge in [-0.3, -0.25) is 0 Å². The van der Waals surface area contributed by atoms with Gasteiger partial charge in [0.2, 0.25) is 9.84 Å². The monoisotopic (exact) mass is 425 g/mol. The highest BCUT2D eigenvalue weighted by atomic mass is 32.2. The molecule has 1 aliphatic carbocycles. The topological polar surface area (TPSA) is 55.4 Å². The molecule has 1 N–H and O–H groups in total. The van der Waals surface area contributed by atoms with Gasteiger partial charge in [0.1, 0.15) is 5.76 Å². The fourth-order valence-electron chi connectivity index (χ4n) is 3.31. The average Bonchev–Trinajstić information content (AvgIpc) is 2.63. The Morgan fingerprint density at radius 1 is 1.21 bits per heavy atom. The van der Waals surface area contributed by atoms with Gasteiger partial charge in [0.05, 0.1) is 11.0 Å². The van der Waals surface area contributed by atoms with E-state index in [4.69, 9.17) is 4.74 Å². The molecule has 0 aliphatic heterocycles. The number of anilines is 1. The summed E-state index contributed by atoms with van der Waals surface area (Å²) in [6.45, 7) is 8.30. The number of ether oxygens (including phenoxy) is 1. The minimum atomic E-state index is -4.65. The molecule has 0 bridgehead atoms. The van der Waals surface area contributed by atoms with E-state index in [1.54, 1.807) is 0 Å². The summed E-state index contributed by atoms with van der Waals surface area (Å²) in [6, 6.07) is 5.70. The van der Waals surface area contributed by atoms with Crippen LogP contribution in [0.2, 0.25) is 0 Å². The highest BCUT2D eigenvalue weighted by molar-refractivity contribution is 7.92. The lowest BCUT2D eigenvalue weighted by molar-refractivity contribution is 0.0876. The number of benzene rings is 1. The van der Waals surface area contributed by atoms with E-state index < -0.39 is 15.1 Å². The summed E-state index contributed by atoms with van der Waals surface area (Å²) in [5, 5.41) is -0.461. The number of halogens is 2. The first-order valence-electron chi connectivity index (χ1n) is 9.68. The van der Waals surface area contributed by atoms with Crippen LogP contribution in [0.3, 0.4) is 0 Å². The van der Waals surface area contributed by atoms with Crippen LogP contribution in [0.1, 0.15) is 46.5 Å². The Kier molecular flexibility index (Phi) is 7.63. The zero-order valence-electron chi connectivity index (χ0n) is 17.1. The first-order valence-corrected chi connectivity index (χ1v) is 11.2. The third-order valence-corrected chi connectivity index (χ3v) is 6.65. The smallest absolute Gasteiger partial charge is 0.347 e. The minimum Gasteiger partial charge on any atom is -0.491 e. The van der Waals surface area contributed by atoms with Crippen LogP contribution >= 0.6 is 0 Å². The van der Waals surface area contributed by atoms with Crippen molar-refractivity contribution in [1.29, 1.82) is 0 Å². The standard InChI is InChI=1S/C22H29F2NO3S/c1-5-6-16(2)15-17(3)28-20-11-7-18(8-12-20)25-19-9-13-21(14-10-19)29(26,27)22(4,23)24/h5-6,9-10,13-15,18,20,25H,3,7-8,11-12H2,1-2,4H3/b6-5-,16-15-. The lowest BCUT2D eigenvalue weighted by atomic mass is 9.92. The Balaban J connectivity index is 1.87. The second-order valence-electron chi connectivity index (χ2n) is 7.43. The molecule has 2 rings (SSSR count). The third-order valence-electron chi connectivity index (χ3n) is 4.82. The van der Waals surface area contributed by atoms with Crippen molar-refractivity contribution in [3.8, 4) is 0 Å². The average molecular weight is 426 g/mol. The van der Waals surface area contributed by atoms with E-state index in [1.165, 1.54) is 24.3 Å². The van der Waals surface area contributed by atoms with Gasteiger partial charge in [-0.25, -0.2) is 8.42 Å². The number of hydrogen-bond donors (Lipinski definition) is 1. The van der Waals surface area contributed by atoms with Gasteiger partial charge in [0, 0.05) is 18.7 Å².